The van der Waals surface area contributed by atoms with Crippen LogP contribution in [0.5, 0.6) is 0 Å². The van der Waals surface area contributed by atoms with Crippen molar-refractivity contribution in [2.45, 2.75) is 38.5 Å². The summed E-state index contributed by atoms with van der Waals surface area (Å²) < 4.78 is 0. The summed E-state index contributed by atoms with van der Waals surface area (Å²) in [5, 5.41) is 0. The first-order valence-electron chi connectivity index (χ1n) is 8.30. The summed E-state index contributed by atoms with van der Waals surface area (Å²) in [6.07, 6.45) is 8.11. The SMILES string of the molecule is CN(C)C(=O)CN1CCC(CCN2CCCCC2)CC1. The highest BCUT2D eigenvalue weighted by atomic mass is 16.2. The van der Waals surface area contributed by atoms with Crippen LogP contribution in [0.4, 0.5) is 0 Å². The molecule has 0 radical (unpaired) electrons. The fourth-order valence-corrected chi connectivity index (χ4v) is 3.31. The van der Waals surface area contributed by atoms with Crippen molar-refractivity contribution >= 4 is 5.91 Å². The van der Waals surface area contributed by atoms with Gasteiger partial charge in [0.15, 0.2) is 0 Å². The third-order valence-electron chi connectivity index (χ3n) is 4.87. The summed E-state index contributed by atoms with van der Waals surface area (Å²) in [6, 6.07) is 0. The van der Waals surface area contributed by atoms with Crippen molar-refractivity contribution in [1.82, 2.24) is 14.7 Å². The van der Waals surface area contributed by atoms with Gasteiger partial charge >= 0.3 is 0 Å². The highest BCUT2D eigenvalue weighted by Crippen LogP contribution is 2.21. The molecule has 0 unspecified atom stereocenters. The molecule has 0 aromatic rings. The summed E-state index contributed by atoms with van der Waals surface area (Å²) in [5.41, 5.74) is 0. The minimum atomic E-state index is 0.233. The van der Waals surface area contributed by atoms with Crippen molar-refractivity contribution in [1.29, 1.82) is 0 Å². The first-order chi connectivity index (χ1) is 9.65. The Morgan fingerprint density at radius 2 is 1.65 bits per heavy atom. The molecule has 0 aromatic carbocycles. The fourth-order valence-electron chi connectivity index (χ4n) is 3.31. The lowest BCUT2D eigenvalue weighted by molar-refractivity contribution is -0.130. The van der Waals surface area contributed by atoms with Gasteiger partial charge in [-0.3, -0.25) is 9.69 Å². The Hall–Kier alpha value is -0.610. The van der Waals surface area contributed by atoms with E-state index < -0.39 is 0 Å². The number of hydrogen-bond acceptors (Lipinski definition) is 3. The Bertz CT molecular complexity index is 292. The van der Waals surface area contributed by atoms with Crippen molar-refractivity contribution in [3.63, 3.8) is 0 Å². The maximum absolute atomic E-state index is 11.7. The number of piperidine rings is 2. The van der Waals surface area contributed by atoms with Gasteiger partial charge in [-0.25, -0.2) is 0 Å². The van der Waals surface area contributed by atoms with E-state index in [0.717, 1.165) is 19.0 Å². The van der Waals surface area contributed by atoms with Crippen LogP contribution in [0.3, 0.4) is 0 Å². The smallest absolute Gasteiger partial charge is 0.236 e. The minimum absolute atomic E-state index is 0.233. The van der Waals surface area contributed by atoms with E-state index in [2.05, 4.69) is 9.80 Å². The van der Waals surface area contributed by atoms with Gasteiger partial charge in [-0.2, -0.15) is 0 Å². The molecule has 2 heterocycles. The Morgan fingerprint density at radius 3 is 2.25 bits per heavy atom. The van der Waals surface area contributed by atoms with E-state index in [1.54, 1.807) is 4.90 Å². The predicted octanol–water partition coefficient (Wildman–Crippen LogP) is 1.66. The molecule has 2 rings (SSSR count). The van der Waals surface area contributed by atoms with Crippen molar-refractivity contribution < 1.29 is 4.79 Å². The zero-order valence-corrected chi connectivity index (χ0v) is 13.3. The average Bonchev–Trinajstić information content (AvgIpc) is 2.47. The van der Waals surface area contributed by atoms with Gasteiger partial charge in [0.2, 0.25) is 5.91 Å². The molecule has 2 aliphatic rings. The lowest BCUT2D eigenvalue weighted by Gasteiger charge is -2.34. The maximum Gasteiger partial charge on any atom is 0.236 e. The van der Waals surface area contributed by atoms with Gasteiger partial charge < -0.3 is 9.80 Å². The van der Waals surface area contributed by atoms with Crippen molar-refractivity contribution in [3.05, 3.63) is 0 Å². The molecule has 20 heavy (non-hydrogen) atoms. The largest absolute Gasteiger partial charge is 0.348 e. The second-order valence-electron chi connectivity index (χ2n) is 6.70. The molecular formula is C16H31N3O. The van der Waals surface area contributed by atoms with Crippen LogP contribution in [0.2, 0.25) is 0 Å². The molecule has 0 N–H and O–H groups in total. The van der Waals surface area contributed by atoms with Gasteiger partial charge in [0.1, 0.15) is 0 Å². The number of carbonyl (C=O) groups excluding carboxylic acids is 1. The number of amides is 1. The molecule has 0 bridgehead atoms. The van der Waals surface area contributed by atoms with Crippen LogP contribution in [0.1, 0.15) is 38.5 Å². The molecule has 0 atom stereocenters. The van der Waals surface area contributed by atoms with Gasteiger partial charge in [0.05, 0.1) is 6.54 Å². The number of nitrogens with zero attached hydrogens (tertiary/aromatic N) is 3. The fraction of sp³-hybridized carbons (Fsp3) is 0.938. The second-order valence-corrected chi connectivity index (χ2v) is 6.70. The van der Waals surface area contributed by atoms with Gasteiger partial charge in [0, 0.05) is 14.1 Å². The second kappa shape index (κ2) is 7.99. The highest BCUT2D eigenvalue weighted by molar-refractivity contribution is 5.77. The Balaban J connectivity index is 1.60. The average molecular weight is 281 g/mol. The van der Waals surface area contributed by atoms with E-state index in [1.165, 1.54) is 58.2 Å². The van der Waals surface area contributed by atoms with Gasteiger partial charge in [-0.1, -0.05) is 6.42 Å². The third kappa shape index (κ3) is 5.06. The summed E-state index contributed by atoms with van der Waals surface area (Å²) >= 11 is 0. The van der Waals surface area contributed by atoms with E-state index in [-0.39, 0.29) is 5.91 Å². The van der Waals surface area contributed by atoms with E-state index in [9.17, 15) is 4.79 Å². The van der Waals surface area contributed by atoms with Gasteiger partial charge in [-0.05, 0) is 70.7 Å². The summed E-state index contributed by atoms with van der Waals surface area (Å²) in [4.78, 5) is 18.4. The van der Waals surface area contributed by atoms with E-state index in [4.69, 9.17) is 0 Å². The van der Waals surface area contributed by atoms with Crippen LogP contribution in [-0.4, -0.2) is 74.0 Å². The quantitative estimate of drug-likeness (QED) is 0.767. The molecule has 116 valence electrons. The Morgan fingerprint density at radius 1 is 1.00 bits per heavy atom. The number of carbonyl (C=O) groups is 1. The van der Waals surface area contributed by atoms with E-state index in [0.29, 0.717) is 6.54 Å². The highest BCUT2D eigenvalue weighted by Gasteiger charge is 2.22. The lowest BCUT2D eigenvalue weighted by atomic mass is 9.93. The number of likely N-dealkylation sites (tertiary alicyclic amines) is 2. The molecule has 2 aliphatic heterocycles. The van der Waals surface area contributed by atoms with Crippen LogP contribution in [0.25, 0.3) is 0 Å². The van der Waals surface area contributed by atoms with E-state index >= 15 is 0 Å². The van der Waals surface area contributed by atoms with Crippen LogP contribution in [-0.2, 0) is 4.79 Å². The molecule has 4 nitrogen and oxygen atoms in total. The summed E-state index contributed by atoms with van der Waals surface area (Å²) in [5.74, 6) is 1.11. The van der Waals surface area contributed by atoms with Gasteiger partial charge in [-0.15, -0.1) is 0 Å². The topological polar surface area (TPSA) is 26.8 Å². The lowest BCUT2D eigenvalue weighted by Crippen LogP contribution is -2.41. The normalized spacial score (nSPS) is 22.9. The minimum Gasteiger partial charge on any atom is -0.348 e. The maximum atomic E-state index is 11.7. The molecule has 2 saturated heterocycles. The third-order valence-corrected chi connectivity index (χ3v) is 4.87. The monoisotopic (exact) mass is 281 g/mol. The predicted molar refractivity (Wildman–Crippen MR) is 82.8 cm³/mol. The molecule has 0 aliphatic carbocycles. The number of hydrogen-bond donors (Lipinski definition) is 0. The first kappa shape index (κ1) is 15.8. The van der Waals surface area contributed by atoms with Crippen molar-refractivity contribution in [2.24, 2.45) is 5.92 Å². The molecule has 0 saturated carbocycles. The van der Waals surface area contributed by atoms with Gasteiger partial charge in [0.25, 0.3) is 0 Å². The zero-order chi connectivity index (χ0) is 14.4. The Kier molecular flexibility index (Phi) is 6.30. The number of rotatable bonds is 5. The summed E-state index contributed by atoms with van der Waals surface area (Å²) in [6.45, 7) is 6.73. The molecule has 1 amide bonds. The Labute approximate surface area is 124 Å². The van der Waals surface area contributed by atoms with Crippen LogP contribution < -0.4 is 0 Å². The molecular weight excluding hydrogens is 250 g/mol. The molecule has 2 fully saturated rings. The zero-order valence-electron chi connectivity index (χ0n) is 13.3. The molecule has 0 aromatic heterocycles. The first-order valence-corrected chi connectivity index (χ1v) is 8.30. The molecule has 0 spiro atoms. The number of likely N-dealkylation sites (N-methyl/N-ethyl adjacent to an activating group) is 1. The molecule has 4 heteroatoms. The van der Waals surface area contributed by atoms with E-state index in [1.807, 2.05) is 14.1 Å². The van der Waals surface area contributed by atoms with Crippen LogP contribution >= 0.6 is 0 Å². The van der Waals surface area contributed by atoms with Crippen LogP contribution in [0, 0.1) is 5.92 Å². The van der Waals surface area contributed by atoms with Crippen molar-refractivity contribution in [3.8, 4) is 0 Å². The van der Waals surface area contributed by atoms with Crippen molar-refractivity contribution in [2.75, 3.05) is 53.4 Å². The summed E-state index contributed by atoms with van der Waals surface area (Å²) in [7, 11) is 3.68. The van der Waals surface area contributed by atoms with Crippen LogP contribution in [0.15, 0.2) is 0 Å². The standard InChI is InChI=1S/C16H31N3O/c1-17(2)16(20)14-19-12-7-15(8-13-19)6-11-18-9-4-3-5-10-18/h15H,3-14H2,1-2H3.